The lowest BCUT2D eigenvalue weighted by Crippen LogP contribution is -2.25. The van der Waals surface area contributed by atoms with Gasteiger partial charge in [0.2, 0.25) is 0 Å². The lowest BCUT2D eigenvalue weighted by atomic mass is 9.96. The predicted octanol–water partition coefficient (Wildman–Crippen LogP) is -2.03. The number of carbonyl (C=O) groups excluding carboxylic acids is 1. The second kappa shape index (κ2) is 3.25. The van der Waals surface area contributed by atoms with Crippen molar-refractivity contribution in [1.29, 1.82) is 0 Å². The molecule has 0 bridgehead atoms. The molecule has 5 heteroatoms. The molecule has 0 aromatic heterocycles. The molecule has 10 heavy (non-hydrogen) atoms. The second-order valence-electron chi connectivity index (χ2n) is 1.47. The van der Waals surface area contributed by atoms with E-state index in [-0.39, 0.29) is 0 Å². The van der Waals surface area contributed by atoms with Crippen molar-refractivity contribution in [2.24, 2.45) is 0 Å². The van der Waals surface area contributed by atoms with Crippen molar-refractivity contribution in [3.63, 3.8) is 0 Å². The van der Waals surface area contributed by atoms with Crippen LogP contribution in [0, 0.1) is 11.8 Å². The SMILES string of the molecule is [B]C(O)(O)C#CC(=O)OC. The number of hydrogen-bond acceptors (Lipinski definition) is 4. The van der Waals surface area contributed by atoms with Crippen molar-refractivity contribution in [3.05, 3.63) is 0 Å². The highest BCUT2D eigenvalue weighted by Crippen LogP contribution is 1.85. The van der Waals surface area contributed by atoms with E-state index in [1.54, 1.807) is 11.8 Å². The van der Waals surface area contributed by atoms with Crippen molar-refractivity contribution in [1.82, 2.24) is 0 Å². The summed E-state index contributed by atoms with van der Waals surface area (Å²) >= 11 is 0. The summed E-state index contributed by atoms with van der Waals surface area (Å²) in [6.07, 6.45) is 0. The first-order valence-corrected chi connectivity index (χ1v) is 2.30. The number of hydrogen-bond donors (Lipinski definition) is 2. The maximum atomic E-state index is 10.2. The topological polar surface area (TPSA) is 66.8 Å². The van der Waals surface area contributed by atoms with Crippen LogP contribution in [0.1, 0.15) is 0 Å². The van der Waals surface area contributed by atoms with Gasteiger partial charge in [-0.2, -0.15) is 0 Å². The molecule has 0 spiro atoms. The van der Waals surface area contributed by atoms with E-state index in [0.717, 1.165) is 7.11 Å². The fourth-order valence-corrected chi connectivity index (χ4v) is 0.194. The highest BCUT2D eigenvalue weighted by atomic mass is 16.5. The van der Waals surface area contributed by atoms with E-state index in [1.165, 1.54) is 0 Å². The van der Waals surface area contributed by atoms with Gasteiger partial charge in [0.1, 0.15) is 0 Å². The lowest BCUT2D eigenvalue weighted by molar-refractivity contribution is -0.133. The fraction of sp³-hybridized carbons (Fsp3) is 0.400. The third-order valence-corrected chi connectivity index (χ3v) is 0.534. The molecule has 0 aromatic carbocycles. The minimum Gasteiger partial charge on any atom is -0.459 e. The lowest BCUT2D eigenvalue weighted by Gasteiger charge is -2.04. The molecular weight excluding hydrogens is 135 g/mol. The Labute approximate surface area is 59.2 Å². The van der Waals surface area contributed by atoms with Crippen molar-refractivity contribution < 1.29 is 19.7 Å². The summed E-state index contributed by atoms with van der Waals surface area (Å²) in [6.45, 7) is 0. The van der Waals surface area contributed by atoms with Gasteiger partial charge in [-0.05, 0) is 5.92 Å². The molecule has 0 atom stereocenters. The van der Waals surface area contributed by atoms with Gasteiger partial charge in [0, 0.05) is 5.92 Å². The molecule has 0 saturated carbocycles. The average molecular weight is 140 g/mol. The Morgan fingerprint density at radius 1 is 1.70 bits per heavy atom. The maximum Gasteiger partial charge on any atom is 0.384 e. The van der Waals surface area contributed by atoms with Gasteiger partial charge in [-0.3, -0.25) is 0 Å². The molecule has 0 aliphatic rings. The van der Waals surface area contributed by atoms with E-state index in [0.29, 0.717) is 0 Å². The van der Waals surface area contributed by atoms with Gasteiger partial charge in [0.25, 0.3) is 0 Å². The summed E-state index contributed by atoms with van der Waals surface area (Å²) in [5.41, 5.74) is -2.63. The van der Waals surface area contributed by atoms with Crippen LogP contribution in [0.5, 0.6) is 0 Å². The van der Waals surface area contributed by atoms with E-state index < -0.39 is 11.7 Å². The van der Waals surface area contributed by atoms with Crippen molar-refractivity contribution >= 4 is 13.8 Å². The molecule has 52 valence electrons. The zero-order chi connectivity index (χ0) is 8.20. The number of ether oxygens (including phenoxy) is 1. The summed E-state index contributed by atoms with van der Waals surface area (Å²) in [4.78, 5) is 10.2. The smallest absolute Gasteiger partial charge is 0.384 e. The molecule has 2 N–H and O–H groups in total. The monoisotopic (exact) mass is 140 g/mol. The first-order valence-electron chi connectivity index (χ1n) is 2.30. The molecule has 0 aromatic rings. The standard InChI is InChI=1S/C5H5BO4/c1-10-4(7)2-3-5(6,8)9/h8-9H,1H3. The molecule has 0 fully saturated rings. The van der Waals surface area contributed by atoms with Crippen LogP contribution in [0.3, 0.4) is 0 Å². The van der Waals surface area contributed by atoms with E-state index in [9.17, 15) is 4.79 Å². The molecule has 0 rings (SSSR count). The van der Waals surface area contributed by atoms with Gasteiger partial charge in [0.15, 0.2) is 13.5 Å². The highest BCUT2D eigenvalue weighted by Gasteiger charge is 2.08. The van der Waals surface area contributed by atoms with E-state index in [1.807, 2.05) is 0 Å². The summed E-state index contributed by atoms with van der Waals surface area (Å²) in [7, 11) is 5.68. The second-order valence-corrected chi connectivity index (χ2v) is 1.47. The Kier molecular flexibility index (Phi) is 2.93. The van der Waals surface area contributed by atoms with Crippen LogP contribution in [0.2, 0.25) is 0 Å². The van der Waals surface area contributed by atoms with Crippen LogP contribution in [0.4, 0.5) is 0 Å². The minimum atomic E-state index is -2.63. The third-order valence-electron chi connectivity index (χ3n) is 0.534. The van der Waals surface area contributed by atoms with Gasteiger partial charge in [-0.15, -0.1) is 0 Å². The van der Waals surface area contributed by atoms with E-state index in [4.69, 9.17) is 10.2 Å². The van der Waals surface area contributed by atoms with Gasteiger partial charge < -0.3 is 14.9 Å². The van der Waals surface area contributed by atoms with Gasteiger partial charge >= 0.3 is 5.97 Å². The maximum absolute atomic E-state index is 10.2. The largest absolute Gasteiger partial charge is 0.459 e. The predicted molar refractivity (Wildman–Crippen MR) is 32.7 cm³/mol. The van der Waals surface area contributed by atoms with Gasteiger partial charge in [0.05, 0.1) is 7.11 Å². The summed E-state index contributed by atoms with van der Waals surface area (Å²) in [5, 5.41) is 16.6. The molecule has 0 saturated heterocycles. The molecular formula is C5H5BO4. The van der Waals surface area contributed by atoms with Crippen LogP contribution >= 0.6 is 0 Å². The summed E-state index contributed by atoms with van der Waals surface area (Å²) in [5.74, 6) is 2.50. The van der Waals surface area contributed by atoms with Crippen LogP contribution < -0.4 is 0 Å². The Bertz CT molecular complexity index is 182. The van der Waals surface area contributed by atoms with Crippen molar-refractivity contribution in [3.8, 4) is 11.8 Å². The number of carbonyl (C=O) groups is 1. The van der Waals surface area contributed by atoms with Crippen LogP contribution in [-0.4, -0.2) is 36.8 Å². The molecule has 2 radical (unpaired) electrons. The molecule has 0 amide bonds. The zero-order valence-corrected chi connectivity index (χ0v) is 5.29. The van der Waals surface area contributed by atoms with E-state index in [2.05, 4.69) is 12.6 Å². The first kappa shape index (κ1) is 9.01. The fourth-order valence-electron chi connectivity index (χ4n) is 0.194. The third kappa shape index (κ3) is 5.16. The van der Waals surface area contributed by atoms with Gasteiger partial charge in [-0.1, -0.05) is 0 Å². The summed E-state index contributed by atoms with van der Waals surface area (Å²) < 4.78 is 4.06. The number of methoxy groups -OCH3 is 1. The Balaban J connectivity index is 4.05. The van der Waals surface area contributed by atoms with Gasteiger partial charge in [-0.25, -0.2) is 4.79 Å². The Morgan fingerprint density at radius 2 is 2.20 bits per heavy atom. The average Bonchev–Trinajstić information content (AvgIpc) is 1.81. The molecule has 4 nitrogen and oxygen atoms in total. The quantitative estimate of drug-likeness (QED) is 0.134. The minimum absolute atomic E-state index is 0.877. The normalized spacial score (nSPS) is 9.50. The van der Waals surface area contributed by atoms with Crippen LogP contribution in [-0.2, 0) is 9.53 Å². The molecule has 0 unspecified atom stereocenters. The highest BCUT2D eigenvalue weighted by molar-refractivity contribution is 6.15. The zero-order valence-electron chi connectivity index (χ0n) is 5.29. The van der Waals surface area contributed by atoms with Crippen molar-refractivity contribution in [2.45, 2.75) is 5.69 Å². The molecule has 0 aliphatic carbocycles. The van der Waals surface area contributed by atoms with Crippen LogP contribution in [0.15, 0.2) is 0 Å². The molecule has 0 heterocycles. The van der Waals surface area contributed by atoms with Crippen LogP contribution in [0.25, 0.3) is 0 Å². The Morgan fingerprint density at radius 3 is 2.50 bits per heavy atom. The van der Waals surface area contributed by atoms with Crippen molar-refractivity contribution in [2.75, 3.05) is 7.11 Å². The molecule has 0 aliphatic heterocycles. The number of aliphatic hydroxyl groups is 2. The Hall–Kier alpha value is -0.985. The summed E-state index contributed by atoms with van der Waals surface area (Å²) in [6, 6.07) is 0. The van der Waals surface area contributed by atoms with E-state index >= 15 is 0 Å². The first-order chi connectivity index (χ1) is 4.45. The number of esters is 1. The number of rotatable bonds is 0.